The largest absolute Gasteiger partial charge is 0.479 e. The molecule has 0 aromatic carbocycles. The molecule has 3 rings (SSSR count). The number of imidazole rings is 1. The minimum absolute atomic E-state index is 0.319. The van der Waals surface area contributed by atoms with E-state index in [9.17, 15) is 0 Å². The lowest BCUT2D eigenvalue weighted by molar-refractivity contribution is 0.396. The number of anilines is 1. The summed E-state index contributed by atoms with van der Waals surface area (Å²) >= 11 is 0. The second-order valence-electron chi connectivity index (χ2n) is 7.09. The molecule has 1 atom stereocenters. The van der Waals surface area contributed by atoms with E-state index in [1.54, 1.807) is 13.4 Å². The quantitative estimate of drug-likeness (QED) is 0.715. The smallest absolute Gasteiger partial charge is 0.238 e. The van der Waals surface area contributed by atoms with E-state index in [-0.39, 0.29) is 0 Å². The SMILES string of the molecule is COc1nc(-c2cc(C)c(N[C@@H](C)C(C)C)nn2)ccc1-n1cnc(C)c1. The van der Waals surface area contributed by atoms with Crippen molar-refractivity contribution in [1.29, 1.82) is 0 Å². The third-order valence-electron chi connectivity index (χ3n) is 4.63. The van der Waals surface area contributed by atoms with Gasteiger partial charge in [0.25, 0.3) is 0 Å². The number of nitrogens with zero attached hydrogens (tertiary/aromatic N) is 5. The first kappa shape index (κ1) is 18.8. The summed E-state index contributed by atoms with van der Waals surface area (Å²) in [5, 5.41) is 12.1. The van der Waals surface area contributed by atoms with Crippen LogP contribution < -0.4 is 10.1 Å². The van der Waals surface area contributed by atoms with Gasteiger partial charge in [0.05, 0.1) is 24.8 Å². The number of methoxy groups -OCH3 is 1. The van der Waals surface area contributed by atoms with Gasteiger partial charge in [-0.3, -0.25) is 0 Å². The Morgan fingerprint density at radius 1 is 1.07 bits per heavy atom. The van der Waals surface area contributed by atoms with Crippen molar-refractivity contribution in [3.63, 3.8) is 0 Å². The maximum absolute atomic E-state index is 5.48. The van der Waals surface area contributed by atoms with Gasteiger partial charge in [0.1, 0.15) is 11.4 Å². The molecule has 0 aliphatic heterocycles. The van der Waals surface area contributed by atoms with Crippen LogP contribution in [0.4, 0.5) is 5.82 Å². The van der Waals surface area contributed by atoms with Gasteiger partial charge >= 0.3 is 0 Å². The van der Waals surface area contributed by atoms with Crippen LogP contribution >= 0.6 is 0 Å². The van der Waals surface area contributed by atoms with Crippen molar-refractivity contribution >= 4 is 5.82 Å². The van der Waals surface area contributed by atoms with Gasteiger partial charge in [-0.2, -0.15) is 0 Å². The maximum atomic E-state index is 5.48. The van der Waals surface area contributed by atoms with E-state index in [1.165, 1.54) is 0 Å². The Morgan fingerprint density at radius 3 is 2.44 bits per heavy atom. The zero-order valence-electron chi connectivity index (χ0n) is 16.7. The lowest BCUT2D eigenvalue weighted by Gasteiger charge is -2.19. The highest BCUT2D eigenvalue weighted by Crippen LogP contribution is 2.26. The van der Waals surface area contributed by atoms with Gasteiger partial charge in [-0.05, 0) is 50.5 Å². The summed E-state index contributed by atoms with van der Waals surface area (Å²) in [4.78, 5) is 8.87. The molecule has 7 nitrogen and oxygen atoms in total. The Morgan fingerprint density at radius 2 is 1.85 bits per heavy atom. The molecule has 0 bridgehead atoms. The van der Waals surface area contributed by atoms with Crippen LogP contribution in [0.3, 0.4) is 0 Å². The first-order chi connectivity index (χ1) is 12.9. The van der Waals surface area contributed by atoms with E-state index in [4.69, 9.17) is 4.74 Å². The van der Waals surface area contributed by atoms with Crippen LogP contribution in [0.2, 0.25) is 0 Å². The molecule has 0 aliphatic carbocycles. The van der Waals surface area contributed by atoms with Crippen molar-refractivity contribution in [1.82, 2.24) is 24.7 Å². The van der Waals surface area contributed by atoms with Crippen LogP contribution in [0.25, 0.3) is 17.1 Å². The number of aromatic nitrogens is 5. The van der Waals surface area contributed by atoms with E-state index >= 15 is 0 Å². The predicted molar refractivity (Wildman–Crippen MR) is 106 cm³/mol. The van der Waals surface area contributed by atoms with Crippen molar-refractivity contribution in [3.8, 4) is 23.0 Å². The molecule has 0 spiro atoms. The predicted octanol–water partition coefficient (Wildman–Crippen LogP) is 3.81. The van der Waals surface area contributed by atoms with Gasteiger partial charge in [-0.15, -0.1) is 10.2 Å². The van der Waals surface area contributed by atoms with Crippen molar-refractivity contribution in [2.75, 3.05) is 12.4 Å². The fourth-order valence-electron chi connectivity index (χ4n) is 2.61. The Kier molecular flexibility index (Phi) is 5.39. The molecule has 3 aromatic rings. The van der Waals surface area contributed by atoms with E-state index in [1.807, 2.05) is 42.8 Å². The highest BCUT2D eigenvalue weighted by atomic mass is 16.5. The number of hydrogen-bond acceptors (Lipinski definition) is 6. The average molecular weight is 366 g/mol. The molecule has 3 heterocycles. The van der Waals surface area contributed by atoms with Crippen molar-refractivity contribution in [3.05, 3.63) is 42.0 Å². The minimum Gasteiger partial charge on any atom is -0.479 e. The molecule has 0 amide bonds. The zero-order chi connectivity index (χ0) is 19.6. The topological polar surface area (TPSA) is 77.8 Å². The fraction of sp³-hybridized carbons (Fsp3) is 0.400. The fourth-order valence-corrected chi connectivity index (χ4v) is 2.61. The van der Waals surface area contributed by atoms with Gasteiger partial charge in [0.15, 0.2) is 5.82 Å². The summed E-state index contributed by atoms with van der Waals surface area (Å²) in [5.74, 6) is 1.83. The number of pyridine rings is 1. The molecule has 1 N–H and O–H groups in total. The van der Waals surface area contributed by atoms with Gasteiger partial charge in [-0.25, -0.2) is 9.97 Å². The van der Waals surface area contributed by atoms with Crippen LogP contribution in [0.1, 0.15) is 32.0 Å². The molecular weight excluding hydrogens is 340 g/mol. The second kappa shape index (κ2) is 7.73. The number of hydrogen-bond donors (Lipinski definition) is 1. The van der Waals surface area contributed by atoms with E-state index in [0.29, 0.717) is 29.2 Å². The molecule has 0 aliphatic rings. The molecule has 0 saturated carbocycles. The molecular formula is C20H26N6O. The summed E-state index contributed by atoms with van der Waals surface area (Å²) in [5.41, 5.74) is 4.22. The second-order valence-corrected chi connectivity index (χ2v) is 7.09. The van der Waals surface area contributed by atoms with Gasteiger partial charge in [0, 0.05) is 12.2 Å². The van der Waals surface area contributed by atoms with Crippen LogP contribution in [-0.2, 0) is 0 Å². The Balaban J connectivity index is 1.91. The third kappa shape index (κ3) is 4.07. The molecule has 0 fully saturated rings. The number of nitrogens with one attached hydrogen (secondary N) is 1. The Labute approximate surface area is 159 Å². The van der Waals surface area contributed by atoms with Crippen LogP contribution in [0.5, 0.6) is 5.88 Å². The maximum Gasteiger partial charge on any atom is 0.238 e. The average Bonchev–Trinajstić information content (AvgIpc) is 3.08. The summed E-state index contributed by atoms with van der Waals surface area (Å²) in [6.07, 6.45) is 3.67. The first-order valence-corrected chi connectivity index (χ1v) is 9.06. The van der Waals surface area contributed by atoms with Crippen molar-refractivity contribution in [2.24, 2.45) is 5.92 Å². The molecule has 27 heavy (non-hydrogen) atoms. The summed E-state index contributed by atoms with van der Waals surface area (Å²) in [7, 11) is 1.61. The van der Waals surface area contributed by atoms with Gasteiger partial charge < -0.3 is 14.6 Å². The van der Waals surface area contributed by atoms with Crippen LogP contribution in [0, 0.1) is 19.8 Å². The number of rotatable bonds is 6. The molecule has 142 valence electrons. The highest BCUT2D eigenvalue weighted by Gasteiger charge is 2.14. The standard InChI is InChI=1S/C20H26N6O/c1-12(2)15(5)22-19-13(3)9-17(24-25-19)16-7-8-18(20(23-16)27-6)26-10-14(4)21-11-26/h7-12,15H,1-6H3,(H,22,25)/t15-/m0/s1. The van der Waals surface area contributed by atoms with E-state index in [2.05, 4.69) is 46.3 Å². The molecule has 0 radical (unpaired) electrons. The van der Waals surface area contributed by atoms with Crippen LogP contribution in [0.15, 0.2) is 30.7 Å². The highest BCUT2D eigenvalue weighted by molar-refractivity contribution is 5.61. The molecule has 7 heteroatoms. The van der Waals surface area contributed by atoms with E-state index < -0.39 is 0 Å². The Bertz CT molecular complexity index is 934. The number of aryl methyl sites for hydroxylation is 2. The molecule has 3 aromatic heterocycles. The third-order valence-corrected chi connectivity index (χ3v) is 4.63. The zero-order valence-corrected chi connectivity index (χ0v) is 16.7. The van der Waals surface area contributed by atoms with Crippen molar-refractivity contribution < 1.29 is 4.74 Å². The van der Waals surface area contributed by atoms with Crippen LogP contribution in [-0.4, -0.2) is 37.9 Å². The van der Waals surface area contributed by atoms with Gasteiger partial charge in [-0.1, -0.05) is 13.8 Å². The normalized spacial score (nSPS) is 12.3. The summed E-state index contributed by atoms with van der Waals surface area (Å²) in [6.45, 7) is 10.5. The minimum atomic E-state index is 0.319. The first-order valence-electron chi connectivity index (χ1n) is 9.06. The van der Waals surface area contributed by atoms with Crippen molar-refractivity contribution in [2.45, 2.75) is 40.7 Å². The lowest BCUT2D eigenvalue weighted by Crippen LogP contribution is -2.23. The Hall–Kier alpha value is -2.96. The van der Waals surface area contributed by atoms with Gasteiger partial charge in [0.2, 0.25) is 5.88 Å². The molecule has 0 saturated heterocycles. The molecule has 0 unspecified atom stereocenters. The summed E-state index contributed by atoms with van der Waals surface area (Å²) < 4.78 is 7.37. The monoisotopic (exact) mass is 366 g/mol. The lowest BCUT2D eigenvalue weighted by atomic mass is 10.1. The van der Waals surface area contributed by atoms with E-state index in [0.717, 1.165) is 22.8 Å². The summed E-state index contributed by atoms with van der Waals surface area (Å²) in [6, 6.07) is 6.18. The number of ether oxygens (including phenoxy) is 1.